The summed E-state index contributed by atoms with van der Waals surface area (Å²) in [5.74, 6) is 0.0754. The van der Waals surface area contributed by atoms with Crippen LogP contribution in [0.15, 0.2) is 11.4 Å². The molecule has 0 N–H and O–H groups in total. The highest BCUT2D eigenvalue weighted by molar-refractivity contribution is 8.00. The molecule has 0 amide bonds. The van der Waals surface area contributed by atoms with Crippen molar-refractivity contribution >= 4 is 39.3 Å². The second kappa shape index (κ2) is 4.85. The smallest absolute Gasteiger partial charge is 0.316 e. The first-order valence-corrected chi connectivity index (χ1v) is 7.54. The minimum atomic E-state index is -0.223. The normalized spacial score (nSPS) is 13.8. The van der Waals surface area contributed by atoms with Crippen molar-refractivity contribution in [2.24, 2.45) is 0 Å². The number of nitrogens with zero attached hydrogens (tertiary/aromatic N) is 2. The van der Waals surface area contributed by atoms with Gasteiger partial charge in [0.1, 0.15) is 16.2 Å². The zero-order chi connectivity index (χ0) is 12.5. The van der Waals surface area contributed by atoms with Crippen LogP contribution in [-0.4, -0.2) is 28.8 Å². The Labute approximate surface area is 113 Å². The molecular formula is C12H12N2O2S2. The predicted octanol–water partition coefficient (Wildman–Crippen LogP) is 2.45. The number of ether oxygens (including phenoxy) is 1. The van der Waals surface area contributed by atoms with Gasteiger partial charge in [0.2, 0.25) is 0 Å². The average Bonchev–Trinajstić information content (AvgIpc) is 2.95. The van der Waals surface area contributed by atoms with E-state index in [-0.39, 0.29) is 5.97 Å². The molecular weight excluding hydrogens is 268 g/mol. The van der Waals surface area contributed by atoms with E-state index < -0.39 is 0 Å². The Hall–Kier alpha value is -1.14. The molecule has 3 rings (SSSR count). The Balaban J connectivity index is 1.98. The summed E-state index contributed by atoms with van der Waals surface area (Å²) in [4.78, 5) is 22.3. The number of rotatable bonds is 3. The van der Waals surface area contributed by atoms with Crippen LogP contribution in [0.1, 0.15) is 16.9 Å². The highest BCUT2D eigenvalue weighted by atomic mass is 32.2. The Morgan fingerprint density at radius 3 is 3.22 bits per heavy atom. The van der Waals surface area contributed by atoms with Gasteiger partial charge in [-0.1, -0.05) is 11.8 Å². The number of hydrogen-bond donors (Lipinski definition) is 0. The van der Waals surface area contributed by atoms with Crippen molar-refractivity contribution in [2.75, 3.05) is 12.9 Å². The first-order chi connectivity index (χ1) is 8.79. The molecule has 0 bridgehead atoms. The summed E-state index contributed by atoms with van der Waals surface area (Å²) in [6.45, 7) is 0. The van der Waals surface area contributed by atoms with Gasteiger partial charge >= 0.3 is 5.97 Å². The number of carbonyl (C=O) groups excluding carboxylic acids is 1. The lowest BCUT2D eigenvalue weighted by Gasteiger charge is -2.02. The molecule has 94 valence electrons. The summed E-state index contributed by atoms with van der Waals surface area (Å²) in [5.41, 5.74) is 1.39. The molecule has 0 saturated heterocycles. The van der Waals surface area contributed by atoms with Crippen LogP contribution in [-0.2, 0) is 22.4 Å². The number of aromatic nitrogens is 2. The van der Waals surface area contributed by atoms with Crippen molar-refractivity contribution in [3.05, 3.63) is 16.8 Å². The van der Waals surface area contributed by atoms with Crippen molar-refractivity contribution < 1.29 is 9.53 Å². The van der Waals surface area contributed by atoms with Gasteiger partial charge in [-0.2, -0.15) is 0 Å². The Morgan fingerprint density at radius 2 is 2.39 bits per heavy atom. The molecule has 0 aromatic carbocycles. The van der Waals surface area contributed by atoms with Crippen LogP contribution in [0.3, 0.4) is 0 Å². The number of methoxy groups -OCH3 is 1. The highest BCUT2D eigenvalue weighted by Crippen LogP contribution is 2.39. The standard InChI is InChI=1S/C12H12N2O2S2/c1-16-9(15)5-17-11-10-7-3-2-4-8(7)18-12(10)14-6-13-11/h6H,2-5H2,1H3. The molecule has 0 aliphatic heterocycles. The lowest BCUT2D eigenvalue weighted by atomic mass is 10.2. The highest BCUT2D eigenvalue weighted by Gasteiger charge is 2.21. The minimum Gasteiger partial charge on any atom is -0.468 e. The molecule has 1 aliphatic rings. The quantitative estimate of drug-likeness (QED) is 0.491. The number of thioether (sulfide) groups is 1. The summed E-state index contributed by atoms with van der Waals surface area (Å²) in [5, 5.41) is 2.06. The second-order valence-corrected chi connectivity index (χ2v) is 6.13. The number of aryl methyl sites for hydroxylation is 2. The first-order valence-electron chi connectivity index (χ1n) is 5.74. The molecule has 2 heterocycles. The maximum Gasteiger partial charge on any atom is 0.316 e. The maximum atomic E-state index is 11.2. The average molecular weight is 280 g/mol. The fraction of sp³-hybridized carbons (Fsp3) is 0.417. The van der Waals surface area contributed by atoms with E-state index >= 15 is 0 Å². The van der Waals surface area contributed by atoms with Gasteiger partial charge in [-0.05, 0) is 24.8 Å². The fourth-order valence-electron chi connectivity index (χ4n) is 2.20. The van der Waals surface area contributed by atoms with E-state index in [0.29, 0.717) is 5.75 Å². The van der Waals surface area contributed by atoms with Gasteiger partial charge in [0.25, 0.3) is 0 Å². The molecule has 6 heteroatoms. The largest absolute Gasteiger partial charge is 0.468 e. The molecule has 0 unspecified atom stereocenters. The van der Waals surface area contributed by atoms with Gasteiger partial charge in [-0.25, -0.2) is 9.97 Å². The van der Waals surface area contributed by atoms with Crippen LogP contribution in [0.2, 0.25) is 0 Å². The Morgan fingerprint density at radius 1 is 1.50 bits per heavy atom. The van der Waals surface area contributed by atoms with Gasteiger partial charge < -0.3 is 4.74 Å². The SMILES string of the molecule is COC(=O)CSc1ncnc2sc3c(c12)CCC3. The van der Waals surface area contributed by atoms with Crippen LogP contribution in [0.5, 0.6) is 0 Å². The van der Waals surface area contributed by atoms with Gasteiger partial charge in [0, 0.05) is 10.3 Å². The van der Waals surface area contributed by atoms with Crippen LogP contribution >= 0.6 is 23.1 Å². The number of carbonyl (C=O) groups is 1. The van der Waals surface area contributed by atoms with E-state index in [9.17, 15) is 4.79 Å². The van der Waals surface area contributed by atoms with E-state index in [1.54, 1.807) is 17.7 Å². The summed E-state index contributed by atoms with van der Waals surface area (Å²) >= 11 is 3.19. The van der Waals surface area contributed by atoms with Gasteiger partial charge in [0.15, 0.2) is 0 Å². The zero-order valence-corrected chi connectivity index (χ0v) is 11.6. The monoisotopic (exact) mass is 280 g/mol. The summed E-state index contributed by atoms with van der Waals surface area (Å²) in [7, 11) is 1.40. The van der Waals surface area contributed by atoms with Crippen LogP contribution < -0.4 is 0 Å². The van der Waals surface area contributed by atoms with Crippen molar-refractivity contribution in [1.82, 2.24) is 9.97 Å². The lowest BCUT2D eigenvalue weighted by Crippen LogP contribution is -2.03. The summed E-state index contributed by atoms with van der Waals surface area (Å²) < 4.78 is 4.66. The number of fused-ring (bicyclic) bond motifs is 3. The molecule has 2 aromatic rings. The van der Waals surface area contributed by atoms with E-state index in [4.69, 9.17) is 0 Å². The van der Waals surface area contributed by atoms with E-state index in [2.05, 4.69) is 14.7 Å². The zero-order valence-electron chi connectivity index (χ0n) is 9.93. The third-order valence-corrected chi connectivity index (χ3v) is 5.18. The molecule has 0 atom stereocenters. The number of esters is 1. The third kappa shape index (κ3) is 1.99. The van der Waals surface area contributed by atoms with Crippen molar-refractivity contribution in [3.8, 4) is 0 Å². The van der Waals surface area contributed by atoms with Crippen molar-refractivity contribution in [2.45, 2.75) is 24.3 Å². The van der Waals surface area contributed by atoms with Crippen molar-refractivity contribution in [1.29, 1.82) is 0 Å². The molecule has 0 radical (unpaired) electrons. The topological polar surface area (TPSA) is 52.1 Å². The maximum absolute atomic E-state index is 11.2. The van der Waals surface area contributed by atoms with Gasteiger partial charge in [-0.15, -0.1) is 11.3 Å². The summed E-state index contributed by atoms with van der Waals surface area (Å²) in [6, 6.07) is 0. The second-order valence-electron chi connectivity index (χ2n) is 4.08. The van der Waals surface area contributed by atoms with Crippen LogP contribution in [0, 0.1) is 0 Å². The minimum absolute atomic E-state index is 0.223. The molecule has 2 aromatic heterocycles. The molecule has 1 aliphatic carbocycles. The van der Waals surface area contributed by atoms with Crippen LogP contribution in [0.25, 0.3) is 10.2 Å². The Kier molecular flexibility index (Phi) is 3.22. The predicted molar refractivity (Wildman–Crippen MR) is 72.2 cm³/mol. The molecule has 0 saturated carbocycles. The first kappa shape index (κ1) is 11.9. The van der Waals surface area contributed by atoms with Crippen LogP contribution in [0.4, 0.5) is 0 Å². The van der Waals surface area contributed by atoms with Gasteiger partial charge in [0.05, 0.1) is 12.9 Å². The molecule has 0 fully saturated rings. The number of hydrogen-bond acceptors (Lipinski definition) is 6. The van der Waals surface area contributed by atoms with E-state index in [1.807, 2.05) is 0 Å². The number of thiophene rings is 1. The fourth-order valence-corrected chi connectivity index (χ4v) is 4.35. The van der Waals surface area contributed by atoms with E-state index in [1.165, 1.54) is 35.7 Å². The Bertz CT molecular complexity index is 609. The molecule has 18 heavy (non-hydrogen) atoms. The lowest BCUT2D eigenvalue weighted by molar-refractivity contribution is -0.137. The van der Waals surface area contributed by atoms with E-state index in [0.717, 1.165) is 28.1 Å². The summed E-state index contributed by atoms with van der Waals surface area (Å²) in [6.07, 6.45) is 5.05. The molecule has 4 nitrogen and oxygen atoms in total. The van der Waals surface area contributed by atoms with Gasteiger partial charge in [-0.3, -0.25) is 4.79 Å². The van der Waals surface area contributed by atoms with Crippen molar-refractivity contribution in [3.63, 3.8) is 0 Å². The molecule has 0 spiro atoms. The third-order valence-electron chi connectivity index (χ3n) is 3.02.